The van der Waals surface area contributed by atoms with Crippen molar-refractivity contribution in [3.05, 3.63) is 136 Å². The second-order valence-electron chi connectivity index (χ2n) is 8.81. The van der Waals surface area contributed by atoms with Crippen LogP contribution in [-0.2, 0) is 12.7 Å². The first-order chi connectivity index (χ1) is 19.5. The van der Waals surface area contributed by atoms with E-state index in [0.717, 1.165) is 22.7 Å². The number of aromatic nitrogens is 1. The number of anilines is 1. The monoisotopic (exact) mass is 576 g/mol. The number of carboxylic acids is 1. The van der Waals surface area contributed by atoms with E-state index < -0.39 is 23.6 Å². The van der Waals surface area contributed by atoms with Crippen molar-refractivity contribution in [3.8, 4) is 11.1 Å². The van der Waals surface area contributed by atoms with Gasteiger partial charge in [0.2, 0.25) is 0 Å². The van der Waals surface area contributed by atoms with Crippen molar-refractivity contribution in [2.24, 2.45) is 0 Å². The topological polar surface area (TPSA) is 103 Å². The predicted molar refractivity (Wildman–Crippen MR) is 153 cm³/mol. The Kier molecular flexibility index (Phi) is 9.01. The Morgan fingerprint density at radius 1 is 0.902 bits per heavy atom. The fourth-order valence-electron chi connectivity index (χ4n) is 3.89. The van der Waals surface area contributed by atoms with Gasteiger partial charge in [0.15, 0.2) is 0 Å². The van der Waals surface area contributed by atoms with Gasteiger partial charge in [0, 0.05) is 27.9 Å². The molecule has 1 amide bonds. The zero-order valence-electron chi connectivity index (χ0n) is 21.2. The quantitative estimate of drug-likeness (QED) is 0.218. The van der Waals surface area contributed by atoms with E-state index in [1.807, 2.05) is 12.1 Å². The number of carboxylic acid groups (broad SMARTS) is 1. The highest BCUT2D eigenvalue weighted by Gasteiger charge is 2.30. The molecule has 4 aromatic carbocycles. The van der Waals surface area contributed by atoms with Crippen LogP contribution < -0.4 is 5.32 Å². The molecule has 0 bridgehead atoms. The second kappa shape index (κ2) is 12.6. The Balaban J connectivity index is 0.000000367. The lowest BCUT2D eigenvalue weighted by molar-refractivity contribution is -0.137. The SMILES string of the molecule is O=C(O)c1cnc2cc(NC(=O)c3ccccc3-c3ccc(C(F)(F)F)cc3)ccc2c1.[NH-]Cc1ccc(Cl)cc1. The molecule has 6 nitrogen and oxygen atoms in total. The van der Waals surface area contributed by atoms with Crippen LogP contribution in [0.15, 0.2) is 103 Å². The molecule has 0 unspecified atom stereocenters. The molecule has 0 fully saturated rings. The molecule has 0 saturated heterocycles. The zero-order valence-corrected chi connectivity index (χ0v) is 22.0. The third-order valence-corrected chi connectivity index (χ3v) is 6.25. The summed E-state index contributed by atoms with van der Waals surface area (Å²) in [6.45, 7) is 0.331. The average molecular weight is 577 g/mol. The number of pyridine rings is 1. The molecule has 1 heterocycles. The number of nitrogens with zero attached hydrogens (tertiary/aromatic N) is 1. The van der Waals surface area contributed by atoms with Gasteiger partial charge in [0.05, 0.1) is 16.6 Å². The van der Waals surface area contributed by atoms with Gasteiger partial charge in [-0.05, 0) is 59.7 Å². The maximum atomic E-state index is 12.9. The van der Waals surface area contributed by atoms with Crippen molar-refractivity contribution in [1.82, 2.24) is 4.98 Å². The average Bonchev–Trinajstić information content (AvgIpc) is 2.97. The standard InChI is InChI=1S/C24H15F3N2O3.C7H7ClN/c25-24(26,27)17-8-5-14(6-9-17)19-3-1-2-4-20(19)22(30)29-18-10-7-15-11-16(23(31)32)13-28-21(15)12-18;8-7-3-1-6(5-9)2-4-7/h1-13H,(H,29,30)(H,31,32);1-4,9H,5H2/q;-1. The maximum Gasteiger partial charge on any atom is 0.416 e. The number of aromatic carboxylic acids is 1. The van der Waals surface area contributed by atoms with E-state index in [-0.39, 0.29) is 5.56 Å². The first kappa shape index (κ1) is 29.3. The Labute approximate surface area is 238 Å². The lowest BCUT2D eigenvalue weighted by Crippen LogP contribution is -2.13. The van der Waals surface area contributed by atoms with Crippen LogP contribution in [0.5, 0.6) is 0 Å². The van der Waals surface area contributed by atoms with Crippen molar-refractivity contribution in [2.75, 3.05) is 5.32 Å². The second-order valence-corrected chi connectivity index (χ2v) is 9.25. The first-order valence-corrected chi connectivity index (χ1v) is 12.5. The number of halogens is 4. The van der Waals surface area contributed by atoms with E-state index in [1.165, 1.54) is 24.4 Å². The van der Waals surface area contributed by atoms with Crippen molar-refractivity contribution in [1.29, 1.82) is 0 Å². The number of alkyl halides is 3. The molecule has 0 radical (unpaired) electrons. The molecular formula is C31H22ClF3N3O3-. The number of hydrogen-bond acceptors (Lipinski definition) is 3. The molecule has 0 aliphatic heterocycles. The lowest BCUT2D eigenvalue weighted by atomic mass is 9.98. The molecule has 41 heavy (non-hydrogen) atoms. The van der Waals surface area contributed by atoms with E-state index in [2.05, 4.69) is 10.3 Å². The normalized spacial score (nSPS) is 11.0. The maximum absolute atomic E-state index is 12.9. The summed E-state index contributed by atoms with van der Waals surface area (Å²) in [4.78, 5) is 28.1. The molecule has 0 saturated carbocycles. The predicted octanol–water partition coefficient (Wildman–Crippen LogP) is 8.76. The zero-order chi connectivity index (χ0) is 29.6. The summed E-state index contributed by atoms with van der Waals surface area (Å²) >= 11 is 5.61. The van der Waals surface area contributed by atoms with Crippen molar-refractivity contribution < 1.29 is 27.9 Å². The van der Waals surface area contributed by atoms with Crippen molar-refractivity contribution in [3.63, 3.8) is 0 Å². The van der Waals surface area contributed by atoms with E-state index in [4.69, 9.17) is 22.4 Å². The van der Waals surface area contributed by atoms with Crippen LogP contribution in [0.3, 0.4) is 0 Å². The van der Waals surface area contributed by atoms with Crippen LogP contribution in [0.4, 0.5) is 18.9 Å². The lowest BCUT2D eigenvalue weighted by Gasteiger charge is -2.12. The molecular weight excluding hydrogens is 555 g/mol. The van der Waals surface area contributed by atoms with Gasteiger partial charge >= 0.3 is 12.1 Å². The molecule has 10 heteroatoms. The minimum Gasteiger partial charge on any atom is -0.674 e. The first-order valence-electron chi connectivity index (χ1n) is 12.2. The molecule has 0 aliphatic rings. The summed E-state index contributed by atoms with van der Waals surface area (Å²) < 4.78 is 38.5. The van der Waals surface area contributed by atoms with Crippen LogP contribution in [-0.4, -0.2) is 22.0 Å². The molecule has 3 N–H and O–H groups in total. The summed E-state index contributed by atoms with van der Waals surface area (Å²) in [5.41, 5.74) is 9.47. The van der Waals surface area contributed by atoms with Gasteiger partial charge in [-0.15, -0.1) is 6.54 Å². The number of amides is 1. The molecule has 0 spiro atoms. The minimum absolute atomic E-state index is 0.0553. The van der Waals surface area contributed by atoms with E-state index >= 15 is 0 Å². The van der Waals surface area contributed by atoms with Gasteiger partial charge in [-0.1, -0.05) is 65.7 Å². The minimum atomic E-state index is -4.44. The van der Waals surface area contributed by atoms with Crippen molar-refractivity contribution >= 4 is 40.1 Å². The Hall–Kier alpha value is -4.73. The van der Waals surface area contributed by atoms with E-state index in [0.29, 0.717) is 39.8 Å². The Bertz CT molecular complexity index is 1690. The van der Waals surface area contributed by atoms with Gasteiger partial charge in [-0.25, -0.2) is 4.79 Å². The Morgan fingerprint density at radius 3 is 2.22 bits per heavy atom. The third-order valence-electron chi connectivity index (χ3n) is 6.00. The molecule has 5 aromatic rings. The van der Waals surface area contributed by atoms with Crippen LogP contribution in [0.2, 0.25) is 5.02 Å². The smallest absolute Gasteiger partial charge is 0.416 e. The molecule has 5 rings (SSSR count). The van der Waals surface area contributed by atoms with Gasteiger partial charge in [-0.2, -0.15) is 13.2 Å². The van der Waals surface area contributed by atoms with Gasteiger partial charge in [0.1, 0.15) is 0 Å². The van der Waals surface area contributed by atoms with E-state index in [9.17, 15) is 22.8 Å². The van der Waals surface area contributed by atoms with Crippen molar-refractivity contribution in [2.45, 2.75) is 12.7 Å². The van der Waals surface area contributed by atoms with Gasteiger partial charge in [-0.3, -0.25) is 9.78 Å². The van der Waals surface area contributed by atoms with E-state index in [1.54, 1.807) is 54.6 Å². The highest BCUT2D eigenvalue weighted by molar-refractivity contribution is 6.30. The number of carbonyl (C=O) groups is 2. The number of rotatable bonds is 5. The number of nitrogens with one attached hydrogen (secondary N) is 2. The largest absolute Gasteiger partial charge is 0.674 e. The van der Waals surface area contributed by atoms with Crippen LogP contribution in [0, 0.1) is 0 Å². The molecule has 208 valence electrons. The highest BCUT2D eigenvalue weighted by Crippen LogP contribution is 2.32. The summed E-state index contributed by atoms with van der Waals surface area (Å²) in [7, 11) is 0. The van der Waals surface area contributed by atoms with Crippen LogP contribution in [0.25, 0.3) is 27.8 Å². The fourth-order valence-corrected chi connectivity index (χ4v) is 4.01. The van der Waals surface area contributed by atoms with Crippen LogP contribution >= 0.6 is 11.6 Å². The summed E-state index contributed by atoms with van der Waals surface area (Å²) in [5, 5.41) is 13.2. The van der Waals surface area contributed by atoms with Crippen LogP contribution in [0.1, 0.15) is 31.8 Å². The highest BCUT2D eigenvalue weighted by atomic mass is 35.5. The number of fused-ring (bicyclic) bond motifs is 1. The number of carbonyl (C=O) groups excluding carboxylic acids is 1. The Morgan fingerprint density at radius 2 is 1.59 bits per heavy atom. The summed E-state index contributed by atoms with van der Waals surface area (Å²) in [5.74, 6) is -1.53. The molecule has 0 aliphatic carbocycles. The molecule has 0 atom stereocenters. The third kappa shape index (κ3) is 7.47. The fraction of sp³-hybridized carbons (Fsp3) is 0.0645. The summed E-state index contributed by atoms with van der Waals surface area (Å²) in [6, 6.07) is 24.9. The molecule has 1 aromatic heterocycles. The number of hydrogen-bond donors (Lipinski definition) is 2. The van der Waals surface area contributed by atoms with Gasteiger partial charge < -0.3 is 16.2 Å². The van der Waals surface area contributed by atoms with Gasteiger partial charge in [0.25, 0.3) is 5.91 Å². The number of benzene rings is 4. The summed E-state index contributed by atoms with van der Waals surface area (Å²) in [6.07, 6.45) is -3.21.